The van der Waals surface area contributed by atoms with Crippen molar-refractivity contribution in [1.29, 1.82) is 0 Å². The van der Waals surface area contributed by atoms with Crippen LogP contribution in [0, 0.1) is 17.8 Å². The molecule has 0 radical (unpaired) electrons. The lowest BCUT2D eigenvalue weighted by Crippen LogP contribution is -2.58. The van der Waals surface area contributed by atoms with E-state index in [0.29, 0.717) is 25.8 Å². The number of quaternary nitrogens is 1. The Morgan fingerprint density at radius 1 is 0.488 bits per heavy atom. The Morgan fingerprint density at radius 2 is 0.791 bits per heavy atom. The van der Waals surface area contributed by atoms with Crippen molar-refractivity contribution in [3.8, 4) is 0 Å². The largest absolute Gasteiger partial charge is 0.481 e. The van der Waals surface area contributed by atoms with Gasteiger partial charge in [-0.3, -0.25) is 14.4 Å². The van der Waals surface area contributed by atoms with Gasteiger partial charge in [-0.15, -0.1) is 0 Å². The number of carboxylic acid groups (broad SMARTS) is 3. The molecule has 7 heteroatoms. The first-order valence-corrected chi connectivity index (χ1v) is 17.8. The third-order valence-corrected chi connectivity index (χ3v) is 9.24. The van der Waals surface area contributed by atoms with Gasteiger partial charge in [-0.25, -0.2) is 0 Å². The van der Waals surface area contributed by atoms with Gasteiger partial charge in [0.1, 0.15) is 17.8 Å². The van der Waals surface area contributed by atoms with Gasteiger partial charge in [0.2, 0.25) is 0 Å². The third kappa shape index (κ3) is 20.7. The molecule has 0 aliphatic heterocycles. The zero-order valence-corrected chi connectivity index (χ0v) is 28.4. The molecule has 3 N–H and O–H groups in total. The molecule has 7 nitrogen and oxygen atoms in total. The molecule has 0 saturated heterocycles. The van der Waals surface area contributed by atoms with Crippen molar-refractivity contribution < 1.29 is 34.2 Å². The number of aliphatic carboxylic acids is 3. The lowest BCUT2D eigenvalue weighted by Gasteiger charge is -2.43. The summed E-state index contributed by atoms with van der Waals surface area (Å²) < 4.78 is 0.260. The quantitative estimate of drug-likeness (QED) is 0.0410. The van der Waals surface area contributed by atoms with Crippen molar-refractivity contribution in [3.05, 3.63) is 12.2 Å². The molecule has 43 heavy (non-hydrogen) atoms. The first kappa shape index (κ1) is 41.1. The molecular weight excluding hydrogens is 542 g/mol. The minimum Gasteiger partial charge on any atom is -0.481 e. The summed E-state index contributed by atoms with van der Waals surface area (Å²) in [5, 5.41) is 29.5. The van der Waals surface area contributed by atoms with Crippen LogP contribution < -0.4 is 0 Å². The Morgan fingerprint density at radius 3 is 1.09 bits per heavy atom. The van der Waals surface area contributed by atoms with Crippen LogP contribution in [0.2, 0.25) is 0 Å². The van der Waals surface area contributed by atoms with Crippen molar-refractivity contribution in [2.45, 2.75) is 156 Å². The molecule has 0 aromatic heterocycles. The molecule has 0 aliphatic rings. The van der Waals surface area contributed by atoms with Crippen LogP contribution in [0.15, 0.2) is 12.2 Å². The normalized spacial score (nSPS) is 15.3. The van der Waals surface area contributed by atoms with Crippen molar-refractivity contribution in [2.75, 3.05) is 26.2 Å². The summed E-state index contributed by atoms with van der Waals surface area (Å²) in [5.41, 5.74) is 0. The Balaban J connectivity index is 4.62. The number of hydrogen-bond acceptors (Lipinski definition) is 3. The second-order valence-corrected chi connectivity index (χ2v) is 12.9. The molecule has 0 aliphatic carbocycles. The standard InChI is InChI=1S/C36H67NO6/c1-5-9-10-11-12-13-14-15-16-17-18-19-20-21-22-23-24-25-26-27-37(28-31(6-2)34(38)39,29-32(7-3)35(40)41)30-33(8-4)36(42)43/h12-13,31-33H,5-11,14-30H2,1-4H3,(H2-,38,39,40,41,42,43)/p+1/b13-12+. The van der Waals surface area contributed by atoms with E-state index in [9.17, 15) is 29.7 Å². The van der Waals surface area contributed by atoms with E-state index >= 15 is 0 Å². The van der Waals surface area contributed by atoms with Gasteiger partial charge in [0.05, 0.1) is 26.2 Å². The van der Waals surface area contributed by atoms with E-state index in [1.807, 2.05) is 20.8 Å². The molecule has 0 spiro atoms. The van der Waals surface area contributed by atoms with Crippen LogP contribution in [0.5, 0.6) is 0 Å². The van der Waals surface area contributed by atoms with E-state index in [0.717, 1.165) is 19.3 Å². The summed E-state index contributed by atoms with van der Waals surface area (Å²) in [6, 6.07) is 0. The maximum atomic E-state index is 12.0. The van der Waals surface area contributed by atoms with Crippen LogP contribution in [0.4, 0.5) is 0 Å². The Bertz CT molecular complexity index is 692. The van der Waals surface area contributed by atoms with E-state index in [1.165, 1.54) is 89.9 Å². The van der Waals surface area contributed by atoms with Gasteiger partial charge < -0.3 is 19.8 Å². The van der Waals surface area contributed by atoms with Gasteiger partial charge in [0, 0.05) is 0 Å². The summed E-state index contributed by atoms with van der Waals surface area (Å²) in [6.07, 6.45) is 27.0. The number of carboxylic acids is 3. The van der Waals surface area contributed by atoms with Crippen molar-refractivity contribution in [2.24, 2.45) is 17.8 Å². The minimum absolute atomic E-state index is 0.260. The molecule has 0 aromatic rings. The molecule has 0 aromatic carbocycles. The summed E-state index contributed by atoms with van der Waals surface area (Å²) in [5.74, 6) is -4.51. The maximum absolute atomic E-state index is 12.0. The fourth-order valence-corrected chi connectivity index (χ4v) is 6.27. The lowest BCUT2D eigenvalue weighted by molar-refractivity contribution is -0.935. The van der Waals surface area contributed by atoms with Crippen molar-refractivity contribution in [1.82, 2.24) is 0 Å². The third-order valence-electron chi connectivity index (χ3n) is 9.24. The fourth-order valence-electron chi connectivity index (χ4n) is 6.27. The number of nitrogens with zero attached hydrogens (tertiary/aromatic N) is 1. The minimum atomic E-state index is -0.887. The molecule has 0 saturated carbocycles. The number of unbranched alkanes of at least 4 members (excludes halogenated alkanes) is 15. The molecular formula is C36H68NO6+. The van der Waals surface area contributed by atoms with E-state index < -0.39 is 35.7 Å². The first-order chi connectivity index (χ1) is 20.7. The number of carbonyl (C=O) groups is 3. The zero-order chi connectivity index (χ0) is 32.3. The smallest absolute Gasteiger partial charge is 0.312 e. The number of rotatable bonds is 31. The van der Waals surface area contributed by atoms with Gasteiger partial charge in [-0.05, 0) is 57.8 Å². The molecule has 252 valence electrons. The lowest BCUT2D eigenvalue weighted by atomic mass is 9.95. The van der Waals surface area contributed by atoms with Gasteiger partial charge in [-0.2, -0.15) is 0 Å². The van der Waals surface area contributed by atoms with Crippen LogP contribution in [0.3, 0.4) is 0 Å². The van der Waals surface area contributed by atoms with E-state index in [2.05, 4.69) is 19.1 Å². The van der Waals surface area contributed by atoms with Gasteiger partial charge in [-0.1, -0.05) is 110 Å². The highest BCUT2D eigenvalue weighted by Crippen LogP contribution is 2.25. The molecule has 3 atom stereocenters. The second-order valence-electron chi connectivity index (χ2n) is 12.9. The SMILES string of the molecule is CCCCC/C=C/CCCCCCCCCCCCCC[N+](CC(CC)C(=O)O)(CC(CC)C(=O)O)CC(CC)C(=O)O. The summed E-state index contributed by atoms with van der Waals surface area (Å²) in [4.78, 5) is 36.0. The van der Waals surface area contributed by atoms with Crippen LogP contribution >= 0.6 is 0 Å². The fraction of sp³-hybridized carbons (Fsp3) is 0.861. The molecule has 0 rings (SSSR count). The van der Waals surface area contributed by atoms with Crippen molar-refractivity contribution >= 4 is 17.9 Å². The molecule has 0 fully saturated rings. The highest BCUT2D eigenvalue weighted by atomic mass is 16.4. The highest BCUT2D eigenvalue weighted by molar-refractivity contribution is 5.71. The summed E-state index contributed by atoms with van der Waals surface area (Å²) in [6.45, 7) is 9.25. The molecule has 0 amide bonds. The topological polar surface area (TPSA) is 112 Å². The number of allylic oxidation sites excluding steroid dienone is 2. The van der Waals surface area contributed by atoms with Crippen LogP contribution in [0.25, 0.3) is 0 Å². The van der Waals surface area contributed by atoms with Crippen LogP contribution in [-0.2, 0) is 14.4 Å². The molecule has 0 heterocycles. The Kier molecular flexibility index (Phi) is 25.3. The average Bonchev–Trinajstić information content (AvgIpc) is 2.98. The van der Waals surface area contributed by atoms with E-state index in [-0.39, 0.29) is 24.1 Å². The predicted octanol–water partition coefficient (Wildman–Crippen LogP) is 9.34. The van der Waals surface area contributed by atoms with Crippen LogP contribution in [-0.4, -0.2) is 63.9 Å². The molecule has 3 unspecified atom stereocenters. The monoisotopic (exact) mass is 611 g/mol. The average molecular weight is 611 g/mol. The van der Waals surface area contributed by atoms with Gasteiger partial charge in [0.25, 0.3) is 0 Å². The highest BCUT2D eigenvalue weighted by Gasteiger charge is 2.40. The summed E-state index contributed by atoms with van der Waals surface area (Å²) >= 11 is 0. The zero-order valence-electron chi connectivity index (χ0n) is 28.4. The first-order valence-electron chi connectivity index (χ1n) is 17.8. The van der Waals surface area contributed by atoms with Gasteiger partial charge in [0.15, 0.2) is 0 Å². The van der Waals surface area contributed by atoms with Crippen LogP contribution in [0.1, 0.15) is 156 Å². The van der Waals surface area contributed by atoms with E-state index in [1.54, 1.807) is 0 Å². The predicted molar refractivity (Wildman–Crippen MR) is 177 cm³/mol. The summed E-state index contributed by atoms with van der Waals surface area (Å²) in [7, 11) is 0. The Labute approximate surface area is 264 Å². The van der Waals surface area contributed by atoms with Crippen molar-refractivity contribution in [3.63, 3.8) is 0 Å². The second kappa shape index (κ2) is 26.5. The van der Waals surface area contributed by atoms with Gasteiger partial charge >= 0.3 is 17.9 Å². The van der Waals surface area contributed by atoms with E-state index in [4.69, 9.17) is 0 Å². The maximum Gasteiger partial charge on any atom is 0.312 e. The molecule has 0 bridgehead atoms. The number of hydrogen-bond donors (Lipinski definition) is 3. The Hall–Kier alpha value is -1.89.